The zero-order valence-electron chi connectivity index (χ0n) is 16.0. The largest absolute Gasteiger partial charge is 0.487 e. The number of amides is 2. The summed E-state index contributed by atoms with van der Waals surface area (Å²) in [5, 5.41) is 5.46. The Kier molecular flexibility index (Phi) is 4.90. The molecule has 0 spiro atoms. The number of rotatable bonds is 6. The molecule has 0 saturated heterocycles. The molecule has 1 aliphatic rings. The second-order valence-corrected chi connectivity index (χ2v) is 7.16. The first-order valence-corrected chi connectivity index (χ1v) is 9.39. The number of aromatic nitrogens is 2. The Bertz CT molecular complexity index is 1030. The predicted molar refractivity (Wildman–Crippen MR) is 105 cm³/mol. The summed E-state index contributed by atoms with van der Waals surface area (Å²) in [6, 6.07) is 10.7. The zero-order valence-corrected chi connectivity index (χ0v) is 16.0. The molecule has 1 aromatic heterocycles. The summed E-state index contributed by atoms with van der Waals surface area (Å²) >= 11 is 0. The standard InChI is InChI=1S/C21H23FN4O2/c1-13-6-9-17-16(10-13)25-19(26(17)2)12-24-21(27)23-11-14-4-3-5-18(20(14)22)28-15-7-8-15/h3-6,9-10,15H,7-8,11-12H2,1-2H3,(H2,23,24,27). The molecule has 1 saturated carbocycles. The molecule has 0 unspecified atom stereocenters. The van der Waals surface area contributed by atoms with Crippen LogP contribution in [0.1, 0.15) is 29.8 Å². The molecule has 2 aromatic carbocycles. The molecular formula is C21H23FN4O2. The van der Waals surface area contributed by atoms with Gasteiger partial charge in [-0.25, -0.2) is 14.2 Å². The lowest BCUT2D eigenvalue weighted by Crippen LogP contribution is -2.35. The van der Waals surface area contributed by atoms with Gasteiger partial charge in [-0.15, -0.1) is 0 Å². The van der Waals surface area contributed by atoms with E-state index in [1.54, 1.807) is 18.2 Å². The Balaban J connectivity index is 1.34. The van der Waals surface area contributed by atoms with Gasteiger partial charge in [0.25, 0.3) is 0 Å². The van der Waals surface area contributed by atoms with Gasteiger partial charge in [-0.2, -0.15) is 0 Å². The van der Waals surface area contributed by atoms with E-state index in [0.29, 0.717) is 5.56 Å². The van der Waals surface area contributed by atoms with Crippen LogP contribution in [-0.4, -0.2) is 21.7 Å². The van der Waals surface area contributed by atoms with Crippen LogP contribution in [0.25, 0.3) is 11.0 Å². The predicted octanol–water partition coefficient (Wildman–Crippen LogP) is 3.56. The minimum Gasteiger partial charge on any atom is -0.487 e. The number of benzene rings is 2. The molecular weight excluding hydrogens is 359 g/mol. The molecule has 146 valence electrons. The van der Waals surface area contributed by atoms with Crippen LogP contribution in [-0.2, 0) is 20.1 Å². The summed E-state index contributed by atoms with van der Waals surface area (Å²) in [4.78, 5) is 16.7. The number of imidazole rings is 1. The lowest BCUT2D eigenvalue weighted by Gasteiger charge is -2.11. The first-order valence-electron chi connectivity index (χ1n) is 9.39. The quantitative estimate of drug-likeness (QED) is 0.685. The van der Waals surface area contributed by atoms with E-state index >= 15 is 0 Å². The average molecular weight is 382 g/mol. The van der Waals surface area contributed by atoms with Crippen LogP contribution in [0.5, 0.6) is 5.75 Å². The minimum atomic E-state index is -0.416. The van der Waals surface area contributed by atoms with Gasteiger partial charge < -0.3 is 19.9 Å². The van der Waals surface area contributed by atoms with Crippen LogP contribution in [0.15, 0.2) is 36.4 Å². The number of halogens is 1. The number of fused-ring (bicyclic) bond motifs is 1. The van der Waals surface area contributed by atoms with Crippen molar-refractivity contribution in [3.8, 4) is 5.75 Å². The third-order valence-electron chi connectivity index (χ3n) is 4.84. The van der Waals surface area contributed by atoms with Crippen molar-refractivity contribution in [3.05, 3.63) is 59.2 Å². The van der Waals surface area contributed by atoms with Crippen LogP contribution >= 0.6 is 0 Å². The van der Waals surface area contributed by atoms with Crippen LogP contribution in [0, 0.1) is 12.7 Å². The molecule has 0 bridgehead atoms. The Morgan fingerprint density at radius 2 is 2.04 bits per heavy atom. The van der Waals surface area contributed by atoms with Crippen molar-refractivity contribution < 1.29 is 13.9 Å². The number of hydrogen-bond donors (Lipinski definition) is 2. The lowest BCUT2D eigenvalue weighted by molar-refractivity contribution is 0.239. The van der Waals surface area contributed by atoms with Crippen molar-refractivity contribution in [2.75, 3.05) is 0 Å². The van der Waals surface area contributed by atoms with Gasteiger partial charge in [-0.1, -0.05) is 18.2 Å². The van der Waals surface area contributed by atoms with Crippen molar-refractivity contribution in [3.63, 3.8) is 0 Å². The summed E-state index contributed by atoms with van der Waals surface area (Å²) < 4.78 is 22.0. The van der Waals surface area contributed by atoms with Gasteiger partial charge in [0.15, 0.2) is 11.6 Å². The molecule has 1 heterocycles. The van der Waals surface area contributed by atoms with Crippen LogP contribution in [0.4, 0.5) is 9.18 Å². The third-order valence-corrected chi connectivity index (χ3v) is 4.84. The topological polar surface area (TPSA) is 68.2 Å². The molecule has 1 aliphatic carbocycles. The fourth-order valence-electron chi connectivity index (χ4n) is 3.06. The van der Waals surface area contributed by atoms with E-state index in [0.717, 1.165) is 35.3 Å². The molecule has 7 heteroatoms. The zero-order chi connectivity index (χ0) is 19.7. The molecule has 1 fully saturated rings. The Morgan fingerprint density at radius 1 is 1.25 bits per heavy atom. The minimum absolute atomic E-state index is 0.0846. The molecule has 2 N–H and O–H groups in total. The Labute approximate surface area is 162 Å². The molecule has 0 atom stereocenters. The monoisotopic (exact) mass is 382 g/mol. The van der Waals surface area contributed by atoms with E-state index in [-0.39, 0.29) is 31.0 Å². The number of urea groups is 1. The highest BCUT2D eigenvalue weighted by atomic mass is 19.1. The van der Waals surface area contributed by atoms with Crippen molar-refractivity contribution in [2.24, 2.45) is 7.05 Å². The smallest absolute Gasteiger partial charge is 0.315 e. The van der Waals surface area contributed by atoms with Gasteiger partial charge in [-0.3, -0.25) is 0 Å². The number of nitrogens with zero attached hydrogens (tertiary/aromatic N) is 2. The van der Waals surface area contributed by atoms with Gasteiger partial charge >= 0.3 is 6.03 Å². The first-order chi connectivity index (χ1) is 13.5. The third kappa shape index (κ3) is 3.93. The van der Waals surface area contributed by atoms with Gasteiger partial charge in [0.05, 0.1) is 23.7 Å². The van der Waals surface area contributed by atoms with E-state index in [1.807, 2.05) is 36.7 Å². The van der Waals surface area contributed by atoms with E-state index < -0.39 is 5.82 Å². The maximum absolute atomic E-state index is 14.5. The average Bonchev–Trinajstić information content (AvgIpc) is 3.44. The van der Waals surface area contributed by atoms with Crippen LogP contribution in [0.3, 0.4) is 0 Å². The summed E-state index contributed by atoms with van der Waals surface area (Å²) in [7, 11) is 1.92. The second-order valence-electron chi connectivity index (χ2n) is 7.16. The number of aryl methyl sites for hydroxylation is 2. The van der Waals surface area contributed by atoms with Crippen LogP contribution in [0.2, 0.25) is 0 Å². The fourth-order valence-corrected chi connectivity index (χ4v) is 3.06. The van der Waals surface area contributed by atoms with Gasteiger partial charge in [0.1, 0.15) is 5.82 Å². The highest BCUT2D eigenvalue weighted by molar-refractivity contribution is 5.77. The molecule has 28 heavy (non-hydrogen) atoms. The Morgan fingerprint density at radius 3 is 2.82 bits per heavy atom. The molecule has 6 nitrogen and oxygen atoms in total. The van der Waals surface area contributed by atoms with Crippen molar-refractivity contribution >= 4 is 17.1 Å². The summed E-state index contributed by atoms with van der Waals surface area (Å²) in [5.41, 5.74) is 3.44. The van der Waals surface area contributed by atoms with E-state index in [9.17, 15) is 9.18 Å². The lowest BCUT2D eigenvalue weighted by atomic mass is 10.2. The normalized spacial score (nSPS) is 13.5. The number of carbonyl (C=O) groups is 1. The first kappa shape index (κ1) is 18.3. The number of hydrogen-bond acceptors (Lipinski definition) is 3. The SMILES string of the molecule is Cc1ccc2c(c1)nc(CNC(=O)NCc1cccc(OC3CC3)c1F)n2C. The van der Waals surface area contributed by atoms with Crippen molar-refractivity contribution in [1.82, 2.24) is 20.2 Å². The molecule has 0 radical (unpaired) electrons. The highest BCUT2D eigenvalue weighted by Crippen LogP contribution is 2.29. The molecule has 4 rings (SSSR count). The number of nitrogens with one attached hydrogen (secondary N) is 2. The fraction of sp³-hybridized carbons (Fsp3) is 0.333. The highest BCUT2D eigenvalue weighted by Gasteiger charge is 2.25. The van der Waals surface area contributed by atoms with E-state index in [2.05, 4.69) is 15.6 Å². The molecule has 3 aromatic rings. The van der Waals surface area contributed by atoms with Gasteiger partial charge in [-0.05, 0) is 43.5 Å². The van der Waals surface area contributed by atoms with Gasteiger partial charge in [0, 0.05) is 19.2 Å². The number of carbonyl (C=O) groups excluding carboxylic acids is 1. The Hall–Kier alpha value is -3.09. The summed E-state index contributed by atoms with van der Waals surface area (Å²) in [6.07, 6.45) is 2.05. The molecule has 0 aliphatic heterocycles. The van der Waals surface area contributed by atoms with E-state index in [1.165, 1.54) is 0 Å². The van der Waals surface area contributed by atoms with Crippen LogP contribution < -0.4 is 15.4 Å². The van der Waals surface area contributed by atoms with Crippen molar-refractivity contribution in [1.29, 1.82) is 0 Å². The number of ether oxygens (including phenoxy) is 1. The van der Waals surface area contributed by atoms with Crippen molar-refractivity contribution in [2.45, 2.75) is 39.0 Å². The van der Waals surface area contributed by atoms with E-state index in [4.69, 9.17) is 4.74 Å². The second kappa shape index (κ2) is 7.50. The maximum atomic E-state index is 14.5. The summed E-state index contributed by atoms with van der Waals surface area (Å²) in [6.45, 7) is 2.38. The maximum Gasteiger partial charge on any atom is 0.315 e. The van der Waals surface area contributed by atoms with Gasteiger partial charge in [0.2, 0.25) is 0 Å². The summed E-state index contributed by atoms with van der Waals surface area (Å²) in [5.74, 6) is 0.583. The molecule has 2 amide bonds.